The van der Waals surface area contributed by atoms with Crippen LogP contribution in [0.4, 0.5) is 4.79 Å². The standard InChI is InChI=1S/C17H20ClN7O/c18-13-1-2-15-12(7-13)8-14(22-15)9-19-17(26)25-5-3-24(4-6-25)10-16-20-11-21-23-16/h1-2,7-8,11,22H,3-6,9-10H2,(H,19,26)(H,20,21,23). The molecular formula is C17H20ClN7O. The number of carbonyl (C=O) groups excluding carboxylic acids is 1. The second-order valence-electron chi connectivity index (χ2n) is 6.38. The summed E-state index contributed by atoms with van der Waals surface area (Å²) in [5, 5.41) is 11.4. The summed E-state index contributed by atoms with van der Waals surface area (Å²) in [6.45, 7) is 4.22. The lowest BCUT2D eigenvalue weighted by Gasteiger charge is -2.34. The molecule has 1 aliphatic heterocycles. The van der Waals surface area contributed by atoms with E-state index in [9.17, 15) is 4.79 Å². The number of aromatic nitrogens is 4. The molecule has 1 aliphatic rings. The topological polar surface area (TPSA) is 92.9 Å². The molecule has 0 saturated carbocycles. The predicted molar refractivity (Wildman–Crippen MR) is 98.8 cm³/mol. The van der Waals surface area contributed by atoms with Crippen molar-refractivity contribution in [3.05, 3.63) is 47.1 Å². The van der Waals surface area contributed by atoms with Crippen LogP contribution in [0, 0.1) is 0 Å². The fourth-order valence-corrected chi connectivity index (χ4v) is 3.35. The van der Waals surface area contributed by atoms with Gasteiger partial charge in [-0.05, 0) is 24.3 Å². The van der Waals surface area contributed by atoms with Gasteiger partial charge < -0.3 is 15.2 Å². The minimum atomic E-state index is -0.0407. The first-order chi connectivity index (χ1) is 12.7. The van der Waals surface area contributed by atoms with Gasteiger partial charge in [0.05, 0.1) is 13.1 Å². The number of urea groups is 1. The number of H-pyrrole nitrogens is 2. The van der Waals surface area contributed by atoms with Gasteiger partial charge in [-0.2, -0.15) is 5.10 Å². The summed E-state index contributed by atoms with van der Waals surface area (Å²) in [6, 6.07) is 7.67. The molecule has 26 heavy (non-hydrogen) atoms. The number of halogens is 1. The van der Waals surface area contributed by atoms with Crippen LogP contribution in [0.15, 0.2) is 30.6 Å². The van der Waals surface area contributed by atoms with Gasteiger partial charge in [0, 0.05) is 47.8 Å². The largest absolute Gasteiger partial charge is 0.357 e. The number of benzene rings is 1. The van der Waals surface area contributed by atoms with Crippen molar-refractivity contribution in [2.24, 2.45) is 0 Å². The van der Waals surface area contributed by atoms with Gasteiger partial charge in [0.2, 0.25) is 0 Å². The molecule has 4 rings (SSSR count). The molecule has 3 heterocycles. The summed E-state index contributed by atoms with van der Waals surface area (Å²) in [7, 11) is 0. The Bertz CT molecular complexity index is 884. The van der Waals surface area contributed by atoms with E-state index in [4.69, 9.17) is 11.6 Å². The van der Waals surface area contributed by atoms with Gasteiger partial charge in [-0.15, -0.1) is 0 Å². The van der Waals surface area contributed by atoms with E-state index >= 15 is 0 Å². The van der Waals surface area contributed by atoms with Crippen LogP contribution >= 0.6 is 11.6 Å². The van der Waals surface area contributed by atoms with Gasteiger partial charge in [-0.1, -0.05) is 11.6 Å². The smallest absolute Gasteiger partial charge is 0.317 e. The van der Waals surface area contributed by atoms with E-state index in [0.29, 0.717) is 24.7 Å². The second kappa shape index (κ2) is 7.35. The molecule has 2 amide bonds. The Labute approximate surface area is 155 Å². The lowest BCUT2D eigenvalue weighted by Crippen LogP contribution is -2.51. The Morgan fingerprint density at radius 2 is 2.08 bits per heavy atom. The average molecular weight is 374 g/mol. The first kappa shape index (κ1) is 16.9. The van der Waals surface area contributed by atoms with E-state index in [1.807, 2.05) is 29.2 Å². The van der Waals surface area contributed by atoms with Crippen molar-refractivity contribution in [3.63, 3.8) is 0 Å². The maximum atomic E-state index is 12.4. The molecule has 9 heteroatoms. The molecule has 3 N–H and O–H groups in total. The lowest BCUT2D eigenvalue weighted by molar-refractivity contribution is 0.133. The van der Waals surface area contributed by atoms with Crippen LogP contribution in [0.5, 0.6) is 0 Å². The Balaban J connectivity index is 1.27. The van der Waals surface area contributed by atoms with Gasteiger partial charge in [-0.3, -0.25) is 10.00 Å². The molecule has 0 radical (unpaired) electrons. The van der Waals surface area contributed by atoms with Crippen LogP contribution in [0.3, 0.4) is 0 Å². The first-order valence-electron chi connectivity index (χ1n) is 8.54. The third-order valence-corrected chi connectivity index (χ3v) is 4.80. The Hall–Kier alpha value is -2.58. The molecule has 3 aromatic rings. The van der Waals surface area contributed by atoms with Crippen LogP contribution in [-0.4, -0.2) is 62.2 Å². The van der Waals surface area contributed by atoms with E-state index < -0.39 is 0 Å². The third kappa shape index (κ3) is 3.81. The van der Waals surface area contributed by atoms with Crippen molar-refractivity contribution < 1.29 is 4.79 Å². The highest BCUT2D eigenvalue weighted by Crippen LogP contribution is 2.20. The summed E-state index contributed by atoms with van der Waals surface area (Å²) < 4.78 is 0. The zero-order valence-electron chi connectivity index (χ0n) is 14.2. The summed E-state index contributed by atoms with van der Waals surface area (Å²) >= 11 is 6.01. The molecule has 1 fully saturated rings. The number of nitrogens with zero attached hydrogens (tertiary/aromatic N) is 4. The quantitative estimate of drug-likeness (QED) is 0.651. The van der Waals surface area contributed by atoms with Crippen LogP contribution in [0.1, 0.15) is 11.5 Å². The molecule has 1 saturated heterocycles. The van der Waals surface area contributed by atoms with Gasteiger partial charge in [0.25, 0.3) is 0 Å². The van der Waals surface area contributed by atoms with Crippen molar-refractivity contribution in [2.75, 3.05) is 26.2 Å². The van der Waals surface area contributed by atoms with Crippen molar-refractivity contribution in [1.82, 2.24) is 35.3 Å². The minimum Gasteiger partial charge on any atom is -0.357 e. The second-order valence-corrected chi connectivity index (χ2v) is 6.82. The highest BCUT2D eigenvalue weighted by atomic mass is 35.5. The van der Waals surface area contributed by atoms with Crippen LogP contribution < -0.4 is 5.32 Å². The Kier molecular flexibility index (Phi) is 4.77. The van der Waals surface area contributed by atoms with E-state index in [1.54, 1.807) is 0 Å². The number of rotatable bonds is 4. The molecule has 1 aromatic carbocycles. The van der Waals surface area contributed by atoms with Crippen molar-refractivity contribution in [3.8, 4) is 0 Å². The fraction of sp³-hybridized carbons (Fsp3) is 0.353. The molecule has 136 valence electrons. The van der Waals surface area contributed by atoms with Gasteiger partial charge in [0.1, 0.15) is 12.2 Å². The maximum Gasteiger partial charge on any atom is 0.317 e. The van der Waals surface area contributed by atoms with E-state index in [2.05, 4.69) is 30.4 Å². The number of hydrogen-bond acceptors (Lipinski definition) is 4. The van der Waals surface area contributed by atoms with Crippen molar-refractivity contribution >= 4 is 28.5 Å². The van der Waals surface area contributed by atoms with Crippen LogP contribution in [0.25, 0.3) is 10.9 Å². The Morgan fingerprint density at radius 1 is 1.23 bits per heavy atom. The van der Waals surface area contributed by atoms with Gasteiger partial charge in [0.15, 0.2) is 0 Å². The van der Waals surface area contributed by atoms with Gasteiger partial charge >= 0.3 is 6.03 Å². The number of fused-ring (bicyclic) bond motifs is 1. The van der Waals surface area contributed by atoms with E-state index in [0.717, 1.165) is 42.1 Å². The molecule has 8 nitrogen and oxygen atoms in total. The minimum absolute atomic E-state index is 0.0407. The van der Waals surface area contributed by atoms with Crippen molar-refractivity contribution in [1.29, 1.82) is 0 Å². The molecule has 2 aromatic heterocycles. The molecule has 0 bridgehead atoms. The molecule has 0 spiro atoms. The lowest BCUT2D eigenvalue weighted by atomic mass is 10.2. The number of nitrogens with one attached hydrogen (secondary N) is 3. The van der Waals surface area contributed by atoms with E-state index in [1.165, 1.54) is 6.33 Å². The molecular weight excluding hydrogens is 354 g/mol. The third-order valence-electron chi connectivity index (χ3n) is 4.57. The Morgan fingerprint density at radius 3 is 2.85 bits per heavy atom. The van der Waals surface area contributed by atoms with Crippen LogP contribution in [0.2, 0.25) is 5.02 Å². The zero-order valence-corrected chi connectivity index (χ0v) is 15.0. The summed E-state index contributed by atoms with van der Waals surface area (Å²) in [5.41, 5.74) is 1.97. The highest BCUT2D eigenvalue weighted by molar-refractivity contribution is 6.31. The monoisotopic (exact) mass is 373 g/mol. The predicted octanol–water partition coefficient (Wildman–Crippen LogP) is 1.97. The molecule has 0 aliphatic carbocycles. The van der Waals surface area contributed by atoms with Gasteiger partial charge in [-0.25, -0.2) is 9.78 Å². The number of amides is 2. The summed E-state index contributed by atoms with van der Waals surface area (Å²) in [6.07, 6.45) is 1.51. The van der Waals surface area contributed by atoms with E-state index in [-0.39, 0.29) is 6.03 Å². The zero-order chi connectivity index (χ0) is 17.9. The number of hydrogen-bond donors (Lipinski definition) is 3. The fourth-order valence-electron chi connectivity index (χ4n) is 3.17. The first-order valence-corrected chi connectivity index (χ1v) is 8.92. The summed E-state index contributed by atoms with van der Waals surface area (Å²) in [4.78, 5) is 23.9. The maximum absolute atomic E-state index is 12.4. The molecule has 0 unspecified atom stereocenters. The SMILES string of the molecule is O=C(NCc1cc2cc(Cl)ccc2[nH]1)N1CCN(Cc2ncn[nH]2)CC1. The normalized spacial score (nSPS) is 15.5. The summed E-state index contributed by atoms with van der Waals surface area (Å²) in [5.74, 6) is 0.849. The number of carbonyl (C=O) groups is 1. The number of aromatic amines is 2. The molecule has 0 atom stereocenters. The van der Waals surface area contributed by atoms with Crippen LogP contribution in [-0.2, 0) is 13.1 Å². The highest BCUT2D eigenvalue weighted by Gasteiger charge is 2.21. The van der Waals surface area contributed by atoms with Crippen molar-refractivity contribution in [2.45, 2.75) is 13.1 Å². The average Bonchev–Trinajstić information content (AvgIpc) is 3.29. The number of piperazine rings is 1.